The zero-order valence-electron chi connectivity index (χ0n) is 21.2. The highest BCUT2D eigenvalue weighted by atomic mass is 32.2. The lowest BCUT2D eigenvalue weighted by Gasteiger charge is -2.30. The molecule has 0 aromatic heterocycles. The van der Waals surface area contributed by atoms with E-state index in [9.17, 15) is 4.39 Å². The quantitative estimate of drug-likeness (QED) is 0.314. The second-order valence-corrected chi connectivity index (χ2v) is 9.63. The van der Waals surface area contributed by atoms with Gasteiger partial charge in [-0.2, -0.15) is 5.53 Å². The Morgan fingerprint density at radius 2 is 2.17 bits per heavy atom. The van der Waals surface area contributed by atoms with E-state index in [1.807, 2.05) is 48.8 Å². The lowest BCUT2D eigenvalue weighted by molar-refractivity contribution is 0.135. The SMILES string of the molecule is C=C(S/C=C\C)C1=NCC(C(/C=C\CC(C)F)=N/C)=C2CC(N(C)NNCc3ccccc3)CN12. The van der Waals surface area contributed by atoms with Crippen molar-refractivity contribution in [3.05, 3.63) is 82.3 Å². The highest BCUT2D eigenvalue weighted by Gasteiger charge is 2.37. The van der Waals surface area contributed by atoms with Crippen molar-refractivity contribution in [1.29, 1.82) is 0 Å². The molecule has 1 fully saturated rings. The summed E-state index contributed by atoms with van der Waals surface area (Å²) in [7, 11) is 3.84. The topological polar surface area (TPSA) is 55.3 Å². The smallest absolute Gasteiger partial charge is 0.141 e. The third-order valence-electron chi connectivity index (χ3n) is 5.96. The molecule has 0 spiro atoms. The van der Waals surface area contributed by atoms with E-state index < -0.39 is 6.17 Å². The zero-order valence-corrected chi connectivity index (χ0v) is 22.0. The van der Waals surface area contributed by atoms with E-state index in [0.29, 0.717) is 13.0 Å². The maximum atomic E-state index is 13.3. The summed E-state index contributed by atoms with van der Waals surface area (Å²) < 4.78 is 13.3. The minimum atomic E-state index is -0.875. The van der Waals surface area contributed by atoms with Crippen LogP contribution in [0.2, 0.25) is 0 Å². The van der Waals surface area contributed by atoms with Crippen molar-refractivity contribution in [1.82, 2.24) is 20.9 Å². The molecule has 0 aliphatic carbocycles. The van der Waals surface area contributed by atoms with Gasteiger partial charge in [0.2, 0.25) is 0 Å². The van der Waals surface area contributed by atoms with Gasteiger partial charge in [-0.3, -0.25) is 9.98 Å². The highest BCUT2D eigenvalue weighted by Crippen LogP contribution is 2.34. The van der Waals surface area contributed by atoms with Gasteiger partial charge in [0.15, 0.2) is 0 Å². The van der Waals surface area contributed by atoms with E-state index in [1.54, 1.807) is 25.7 Å². The first-order valence-electron chi connectivity index (χ1n) is 12.0. The Balaban J connectivity index is 1.77. The number of thioether (sulfide) groups is 1. The Bertz CT molecular complexity index is 1010. The summed E-state index contributed by atoms with van der Waals surface area (Å²) >= 11 is 1.59. The van der Waals surface area contributed by atoms with Crippen LogP contribution in [-0.4, -0.2) is 60.9 Å². The van der Waals surface area contributed by atoms with Crippen LogP contribution in [0.4, 0.5) is 4.39 Å². The number of benzene rings is 1. The van der Waals surface area contributed by atoms with Crippen LogP contribution in [0.25, 0.3) is 0 Å². The van der Waals surface area contributed by atoms with Gasteiger partial charge in [0.1, 0.15) is 12.0 Å². The van der Waals surface area contributed by atoms with Gasteiger partial charge < -0.3 is 4.90 Å². The van der Waals surface area contributed by atoms with Gasteiger partial charge in [-0.15, -0.1) is 0 Å². The lowest BCUT2D eigenvalue weighted by atomic mass is 10.0. The number of nitrogens with one attached hydrogen (secondary N) is 2. The molecular weight excluding hydrogens is 459 g/mol. The van der Waals surface area contributed by atoms with Crippen LogP contribution in [-0.2, 0) is 6.54 Å². The van der Waals surface area contributed by atoms with Crippen LogP contribution in [0, 0.1) is 0 Å². The first-order chi connectivity index (χ1) is 16.9. The van der Waals surface area contributed by atoms with Crippen LogP contribution in [0.15, 0.2) is 86.7 Å². The van der Waals surface area contributed by atoms with Crippen molar-refractivity contribution in [3.63, 3.8) is 0 Å². The number of rotatable bonds is 12. The molecule has 0 radical (unpaired) electrons. The number of aliphatic imine (C=N–C) groups is 2. The molecule has 2 heterocycles. The molecule has 2 aliphatic heterocycles. The molecule has 6 nitrogen and oxygen atoms in total. The van der Waals surface area contributed by atoms with Gasteiger partial charge in [0.25, 0.3) is 0 Å². The van der Waals surface area contributed by atoms with Crippen LogP contribution in [0.3, 0.4) is 0 Å². The predicted octanol–water partition coefficient (Wildman–Crippen LogP) is 5.02. The number of hydrogen-bond donors (Lipinski definition) is 2. The number of nitrogens with zero attached hydrogens (tertiary/aromatic N) is 4. The predicted molar refractivity (Wildman–Crippen MR) is 148 cm³/mol. The second kappa shape index (κ2) is 13.5. The molecule has 3 rings (SSSR count). The van der Waals surface area contributed by atoms with Gasteiger partial charge >= 0.3 is 0 Å². The molecule has 35 heavy (non-hydrogen) atoms. The third-order valence-corrected chi connectivity index (χ3v) is 6.84. The number of hydrogen-bond acceptors (Lipinski definition) is 7. The molecule has 2 aliphatic rings. The molecule has 8 heteroatoms. The standard InChI is InChI=1S/C27H37FN6S/c1-6-15-35-21(3)27-30-18-24(25(29-4)14-10-11-20(2)28)26-16-23(19-34(26)27)33(5)32-31-17-22-12-8-7-9-13-22/h6-10,12-15,20,23,31-32H,3,11,16-19H2,1-2,4-5H3/b14-10-,15-6-,29-25+. The van der Waals surface area contributed by atoms with Crippen molar-refractivity contribution in [2.75, 3.05) is 27.2 Å². The lowest BCUT2D eigenvalue weighted by Crippen LogP contribution is -2.50. The number of likely N-dealkylation sites (N-methyl/N-ethyl adjacent to an activating group) is 1. The Kier molecular flexibility index (Phi) is 10.5. The number of alkyl halides is 1. The highest BCUT2D eigenvalue weighted by molar-refractivity contribution is 8.06. The first-order valence-corrected chi connectivity index (χ1v) is 12.9. The molecule has 2 atom stereocenters. The van der Waals surface area contributed by atoms with Gasteiger partial charge in [0, 0.05) is 55.8 Å². The molecule has 188 valence electrons. The fourth-order valence-electron chi connectivity index (χ4n) is 4.11. The summed E-state index contributed by atoms with van der Waals surface area (Å²) in [5.41, 5.74) is 11.0. The Morgan fingerprint density at radius 3 is 2.86 bits per heavy atom. The van der Waals surface area contributed by atoms with E-state index in [1.165, 1.54) is 11.3 Å². The number of fused-ring (bicyclic) bond motifs is 1. The number of hydrazine groups is 2. The van der Waals surface area contributed by atoms with Crippen LogP contribution in [0.5, 0.6) is 0 Å². The summed E-state index contributed by atoms with van der Waals surface area (Å²) in [6.07, 6.45) is 6.14. The van der Waals surface area contributed by atoms with Crippen LogP contribution in [0.1, 0.15) is 32.3 Å². The van der Waals surface area contributed by atoms with E-state index in [2.05, 4.69) is 51.6 Å². The molecule has 2 N–H and O–H groups in total. The molecule has 0 saturated carbocycles. The Labute approximate surface area is 213 Å². The minimum absolute atomic E-state index is 0.221. The number of allylic oxidation sites excluding steroid dienone is 3. The molecule has 1 aromatic rings. The van der Waals surface area contributed by atoms with Crippen LogP contribution >= 0.6 is 11.8 Å². The van der Waals surface area contributed by atoms with Crippen molar-refractivity contribution >= 4 is 23.3 Å². The molecular formula is C27H37FN6S. The van der Waals surface area contributed by atoms with E-state index in [-0.39, 0.29) is 6.04 Å². The van der Waals surface area contributed by atoms with Crippen molar-refractivity contribution in [2.45, 2.75) is 45.4 Å². The van der Waals surface area contributed by atoms with E-state index in [4.69, 9.17) is 4.99 Å². The van der Waals surface area contributed by atoms with Gasteiger partial charge in [-0.1, -0.05) is 60.8 Å². The number of amidine groups is 1. The summed E-state index contributed by atoms with van der Waals surface area (Å²) in [6, 6.07) is 10.5. The molecule has 2 unspecified atom stereocenters. The fourth-order valence-corrected chi connectivity index (χ4v) is 4.69. The summed E-state index contributed by atoms with van der Waals surface area (Å²) in [6.45, 7) is 9.89. The molecule has 1 saturated heterocycles. The number of halogens is 1. The summed E-state index contributed by atoms with van der Waals surface area (Å²) in [4.78, 5) is 12.6. The average molecular weight is 497 g/mol. The average Bonchev–Trinajstić information content (AvgIpc) is 3.31. The van der Waals surface area contributed by atoms with Crippen molar-refractivity contribution < 1.29 is 4.39 Å². The van der Waals surface area contributed by atoms with Gasteiger partial charge in [-0.25, -0.2) is 14.8 Å². The monoisotopic (exact) mass is 496 g/mol. The Hall–Kier alpha value is -2.52. The maximum absolute atomic E-state index is 13.3. The van der Waals surface area contributed by atoms with Crippen molar-refractivity contribution in [3.8, 4) is 0 Å². The summed E-state index contributed by atoms with van der Waals surface area (Å²) in [5, 5.41) is 4.15. The second-order valence-electron chi connectivity index (χ2n) is 8.63. The largest absolute Gasteiger partial charge is 0.327 e. The van der Waals surface area contributed by atoms with E-state index in [0.717, 1.165) is 41.5 Å². The van der Waals surface area contributed by atoms with Gasteiger partial charge in [-0.05, 0) is 37.3 Å². The van der Waals surface area contributed by atoms with Crippen LogP contribution < -0.4 is 11.0 Å². The molecule has 1 aromatic carbocycles. The molecule has 0 amide bonds. The Morgan fingerprint density at radius 1 is 1.40 bits per heavy atom. The minimum Gasteiger partial charge on any atom is -0.327 e. The third kappa shape index (κ3) is 7.48. The normalized spacial score (nSPS) is 19.7. The maximum Gasteiger partial charge on any atom is 0.141 e. The fraction of sp³-hybridized carbons (Fsp3) is 0.407. The van der Waals surface area contributed by atoms with Gasteiger partial charge in [0.05, 0.1) is 12.3 Å². The summed E-state index contributed by atoms with van der Waals surface area (Å²) in [5.74, 6) is 0.914. The van der Waals surface area contributed by atoms with E-state index >= 15 is 0 Å². The first kappa shape index (κ1) is 27.1. The van der Waals surface area contributed by atoms with Crippen molar-refractivity contribution in [2.24, 2.45) is 9.98 Å². The zero-order chi connectivity index (χ0) is 25.2. The molecule has 0 bridgehead atoms.